The fraction of sp³-hybridized carbons (Fsp3) is 0.333. The largest absolute Gasteiger partial charge is 0.461 e. The van der Waals surface area contributed by atoms with Crippen LogP contribution in [0.15, 0.2) is 18.3 Å². The number of esters is 1. The van der Waals surface area contributed by atoms with Crippen molar-refractivity contribution in [2.75, 3.05) is 6.61 Å². The van der Waals surface area contributed by atoms with Gasteiger partial charge in [0.15, 0.2) is 11.6 Å². The Labute approximate surface area is 141 Å². The van der Waals surface area contributed by atoms with Gasteiger partial charge in [0, 0.05) is 12.0 Å². The van der Waals surface area contributed by atoms with E-state index in [4.69, 9.17) is 27.9 Å². The molecule has 0 spiro atoms. The third-order valence-corrected chi connectivity index (χ3v) is 4.00. The van der Waals surface area contributed by atoms with Crippen LogP contribution in [-0.2, 0) is 9.53 Å². The summed E-state index contributed by atoms with van der Waals surface area (Å²) in [6.07, 6.45) is 0.345. The van der Waals surface area contributed by atoms with Crippen molar-refractivity contribution < 1.29 is 23.1 Å². The minimum atomic E-state index is -1.04. The first kappa shape index (κ1) is 17.7. The first-order valence-corrected chi connectivity index (χ1v) is 7.53. The molecule has 0 bridgehead atoms. The summed E-state index contributed by atoms with van der Waals surface area (Å²) in [4.78, 5) is 23.7. The normalized spacial score (nSPS) is 19.2. The molecule has 1 aliphatic carbocycles. The van der Waals surface area contributed by atoms with Gasteiger partial charge in [-0.3, -0.25) is 4.79 Å². The number of nitrogens with one attached hydrogen (secondary N) is 1. The number of rotatable bonds is 6. The lowest BCUT2D eigenvalue weighted by Gasteiger charge is -2.09. The molecule has 1 N–H and O–H groups in total. The van der Waals surface area contributed by atoms with Gasteiger partial charge in [0.2, 0.25) is 0 Å². The zero-order valence-corrected chi connectivity index (χ0v) is 13.6. The molecular weight excluding hydrogens is 351 g/mol. The van der Waals surface area contributed by atoms with Gasteiger partial charge in [-0.2, -0.15) is 0 Å². The van der Waals surface area contributed by atoms with Gasteiger partial charge < -0.3 is 10.1 Å². The van der Waals surface area contributed by atoms with Crippen molar-refractivity contribution in [2.45, 2.75) is 19.4 Å². The fourth-order valence-corrected chi connectivity index (χ4v) is 2.65. The molecule has 2 rings (SSSR count). The second-order valence-corrected chi connectivity index (χ2v) is 5.78. The molecule has 1 aliphatic rings. The molecule has 4 nitrogen and oxygen atoms in total. The smallest absolute Gasteiger partial charge is 0.353 e. The van der Waals surface area contributed by atoms with Crippen molar-refractivity contribution in [3.8, 4) is 0 Å². The van der Waals surface area contributed by atoms with Crippen LogP contribution in [0, 0.1) is 17.6 Å². The van der Waals surface area contributed by atoms with E-state index in [-0.39, 0.29) is 12.3 Å². The topological polar surface area (TPSA) is 55.4 Å². The van der Waals surface area contributed by atoms with Gasteiger partial charge in [0.25, 0.3) is 0 Å². The van der Waals surface area contributed by atoms with Crippen LogP contribution in [0.5, 0.6) is 0 Å². The molecule has 0 aromatic heterocycles. The molecule has 0 radical (unpaired) electrons. The Hall–Kier alpha value is -1.66. The summed E-state index contributed by atoms with van der Waals surface area (Å²) in [6, 6.07) is 0.298. The molecule has 124 valence electrons. The summed E-state index contributed by atoms with van der Waals surface area (Å²) >= 11 is 11.2. The van der Waals surface area contributed by atoms with Gasteiger partial charge in [-0.15, -0.1) is 0 Å². The number of halogens is 4. The van der Waals surface area contributed by atoms with Gasteiger partial charge in [-0.1, -0.05) is 29.8 Å². The summed E-state index contributed by atoms with van der Waals surface area (Å²) in [5.41, 5.74) is -0.536. The highest BCUT2D eigenvalue weighted by Gasteiger charge is 2.45. The average Bonchev–Trinajstić information content (AvgIpc) is 3.24. The number of hydrogen-bond acceptors (Lipinski definition) is 4. The molecule has 8 heteroatoms. The molecule has 1 aromatic carbocycles. The maximum absolute atomic E-state index is 13.9. The molecule has 2 unspecified atom stereocenters. The van der Waals surface area contributed by atoms with E-state index in [1.165, 1.54) is 0 Å². The number of carbonyl (C=O) groups excluding carboxylic acids is 2. The fourth-order valence-electron chi connectivity index (χ4n) is 2.12. The van der Waals surface area contributed by atoms with Crippen LogP contribution in [0.25, 0.3) is 0 Å². The summed E-state index contributed by atoms with van der Waals surface area (Å²) in [5.74, 6) is -3.95. The van der Waals surface area contributed by atoms with Crippen molar-refractivity contribution in [1.82, 2.24) is 5.32 Å². The third kappa shape index (κ3) is 3.64. The zero-order chi connectivity index (χ0) is 17.3. The Morgan fingerprint density at radius 3 is 2.70 bits per heavy atom. The molecule has 1 fully saturated rings. The SMILES string of the molecule is C=C(NC1CC1C(=O)c1c(F)cc(Cl)c(F)c1Cl)C(=O)OCC. The summed E-state index contributed by atoms with van der Waals surface area (Å²) in [7, 11) is 0. The Bertz CT molecular complexity index is 694. The summed E-state index contributed by atoms with van der Waals surface area (Å²) < 4.78 is 32.3. The van der Waals surface area contributed by atoms with Crippen molar-refractivity contribution in [3.63, 3.8) is 0 Å². The van der Waals surface area contributed by atoms with Gasteiger partial charge >= 0.3 is 5.97 Å². The standard InChI is InChI=1S/C15H13Cl2F2NO3/c1-3-23-15(22)6(2)20-10-4-7(10)14(21)11-9(18)5-8(16)13(19)12(11)17/h5,7,10,20H,2-4H2,1H3. The molecule has 0 heterocycles. The molecule has 0 amide bonds. The van der Waals surface area contributed by atoms with Crippen LogP contribution in [0.4, 0.5) is 8.78 Å². The highest BCUT2D eigenvalue weighted by molar-refractivity contribution is 6.37. The molecule has 2 atom stereocenters. The number of Topliss-reactive ketones (excluding diaryl/α,β-unsaturated/α-hetero) is 1. The Kier molecular flexibility index (Phi) is 5.26. The van der Waals surface area contributed by atoms with Crippen LogP contribution in [0.1, 0.15) is 23.7 Å². The van der Waals surface area contributed by atoms with Crippen molar-refractivity contribution in [1.29, 1.82) is 0 Å². The molecular formula is C15H13Cl2F2NO3. The summed E-state index contributed by atoms with van der Waals surface area (Å²) in [5, 5.41) is 1.59. The first-order valence-electron chi connectivity index (χ1n) is 6.77. The lowest BCUT2D eigenvalue weighted by Crippen LogP contribution is -2.26. The lowest BCUT2D eigenvalue weighted by atomic mass is 10.1. The third-order valence-electron chi connectivity index (χ3n) is 3.37. The minimum Gasteiger partial charge on any atom is -0.461 e. The van der Waals surface area contributed by atoms with Crippen molar-refractivity contribution >= 4 is 35.0 Å². The van der Waals surface area contributed by atoms with E-state index in [1.807, 2.05) is 0 Å². The van der Waals surface area contributed by atoms with E-state index in [0.717, 1.165) is 0 Å². The maximum Gasteiger partial charge on any atom is 0.353 e. The van der Waals surface area contributed by atoms with E-state index in [9.17, 15) is 18.4 Å². The molecule has 1 aromatic rings. The second kappa shape index (κ2) is 6.84. The van der Waals surface area contributed by atoms with E-state index in [1.54, 1.807) is 6.92 Å². The Morgan fingerprint density at radius 2 is 2.09 bits per heavy atom. The monoisotopic (exact) mass is 363 g/mol. The van der Waals surface area contributed by atoms with Crippen molar-refractivity contribution in [3.05, 3.63) is 45.6 Å². The number of benzene rings is 1. The maximum atomic E-state index is 13.9. The van der Waals surface area contributed by atoms with E-state index < -0.39 is 51.0 Å². The minimum absolute atomic E-state index is 0.000931. The van der Waals surface area contributed by atoms with Crippen molar-refractivity contribution in [2.24, 2.45) is 5.92 Å². The molecule has 1 saturated carbocycles. The van der Waals surface area contributed by atoms with Gasteiger partial charge in [-0.05, 0) is 19.4 Å². The zero-order valence-electron chi connectivity index (χ0n) is 12.1. The van der Waals surface area contributed by atoms with E-state index in [0.29, 0.717) is 12.5 Å². The molecule has 0 aliphatic heterocycles. The molecule has 23 heavy (non-hydrogen) atoms. The summed E-state index contributed by atoms with van der Waals surface area (Å²) in [6.45, 7) is 5.35. The average molecular weight is 364 g/mol. The highest BCUT2D eigenvalue weighted by atomic mass is 35.5. The lowest BCUT2D eigenvalue weighted by molar-refractivity contribution is -0.138. The van der Waals surface area contributed by atoms with Crippen LogP contribution in [-0.4, -0.2) is 24.4 Å². The predicted molar refractivity (Wildman–Crippen MR) is 81.5 cm³/mol. The van der Waals surface area contributed by atoms with Crippen LogP contribution < -0.4 is 5.32 Å². The van der Waals surface area contributed by atoms with Gasteiger partial charge in [0.1, 0.15) is 11.5 Å². The first-order chi connectivity index (χ1) is 10.8. The van der Waals surface area contributed by atoms with Crippen LogP contribution in [0.3, 0.4) is 0 Å². The predicted octanol–water partition coefficient (Wildman–Crippen LogP) is 3.51. The van der Waals surface area contributed by atoms with Crippen LogP contribution >= 0.6 is 23.2 Å². The highest BCUT2D eigenvalue weighted by Crippen LogP contribution is 2.38. The Balaban J connectivity index is 2.09. The second-order valence-electron chi connectivity index (χ2n) is 5.00. The van der Waals surface area contributed by atoms with Crippen LogP contribution in [0.2, 0.25) is 10.0 Å². The van der Waals surface area contributed by atoms with Gasteiger partial charge in [0.05, 0.1) is 22.2 Å². The number of hydrogen-bond donors (Lipinski definition) is 1. The quantitative estimate of drug-likeness (QED) is 0.276. The molecule has 0 saturated heterocycles. The number of ketones is 1. The number of ether oxygens (including phenoxy) is 1. The van der Waals surface area contributed by atoms with E-state index >= 15 is 0 Å². The number of carbonyl (C=O) groups is 2. The van der Waals surface area contributed by atoms with E-state index in [2.05, 4.69) is 11.9 Å². The Morgan fingerprint density at radius 1 is 1.43 bits per heavy atom. The van der Waals surface area contributed by atoms with Gasteiger partial charge in [-0.25, -0.2) is 13.6 Å².